The first-order chi connectivity index (χ1) is 14.0. The molecule has 0 saturated carbocycles. The Labute approximate surface area is 174 Å². The lowest BCUT2D eigenvalue weighted by Gasteiger charge is -2.47. The highest BCUT2D eigenvalue weighted by molar-refractivity contribution is 5.69. The number of fused-ring (bicyclic) bond motifs is 3. The number of ether oxygens (including phenoxy) is 3. The molecule has 2 N–H and O–H groups in total. The first-order valence-corrected chi connectivity index (χ1v) is 10.8. The van der Waals surface area contributed by atoms with Crippen molar-refractivity contribution in [2.75, 3.05) is 40.5 Å². The lowest BCUT2D eigenvalue weighted by molar-refractivity contribution is -0.146. The van der Waals surface area contributed by atoms with Crippen molar-refractivity contribution < 1.29 is 19.0 Å². The van der Waals surface area contributed by atoms with Crippen molar-refractivity contribution in [3.05, 3.63) is 23.3 Å². The molecule has 0 spiro atoms. The van der Waals surface area contributed by atoms with Gasteiger partial charge in [0.1, 0.15) is 0 Å². The van der Waals surface area contributed by atoms with Crippen LogP contribution in [-0.4, -0.2) is 51.3 Å². The van der Waals surface area contributed by atoms with Crippen molar-refractivity contribution in [3.8, 4) is 11.5 Å². The molecule has 162 valence electrons. The van der Waals surface area contributed by atoms with Crippen LogP contribution in [0.3, 0.4) is 0 Å². The minimum atomic E-state index is -0.186. The summed E-state index contributed by atoms with van der Waals surface area (Å²) in [6.07, 6.45) is 3.46. The van der Waals surface area contributed by atoms with Gasteiger partial charge in [0.15, 0.2) is 11.5 Å². The molecular formula is C23H36N2O4. The lowest BCUT2D eigenvalue weighted by Crippen LogP contribution is -2.47. The van der Waals surface area contributed by atoms with Crippen LogP contribution in [0.15, 0.2) is 12.1 Å². The zero-order valence-electron chi connectivity index (χ0n) is 18.3. The summed E-state index contributed by atoms with van der Waals surface area (Å²) < 4.78 is 16.7. The van der Waals surface area contributed by atoms with E-state index in [4.69, 9.17) is 19.9 Å². The van der Waals surface area contributed by atoms with E-state index < -0.39 is 0 Å². The molecule has 2 aliphatic heterocycles. The third-order valence-electron chi connectivity index (χ3n) is 6.36. The molecule has 1 fully saturated rings. The summed E-state index contributed by atoms with van der Waals surface area (Å²) in [5.74, 6) is 2.91. The number of carbonyl (C=O) groups excluding carboxylic acids is 1. The number of benzene rings is 1. The zero-order chi connectivity index (χ0) is 21.0. The van der Waals surface area contributed by atoms with E-state index in [1.165, 1.54) is 11.1 Å². The number of hydrogen-bond acceptors (Lipinski definition) is 6. The molecule has 0 bridgehead atoms. The summed E-state index contributed by atoms with van der Waals surface area (Å²) in [4.78, 5) is 14.5. The molecule has 6 nitrogen and oxygen atoms in total. The van der Waals surface area contributed by atoms with Gasteiger partial charge in [-0.15, -0.1) is 0 Å². The molecule has 1 aromatic rings. The maximum absolute atomic E-state index is 11.9. The van der Waals surface area contributed by atoms with Gasteiger partial charge in [-0.25, -0.2) is 0 Å². The predicted molar refractivity (Wildman–Crippen MR) is 113 cm³/mol. The maximum atomic E-state index is 11.9. The number of piperidine rings is 1. The van der Waals surface area contributed by atoms with Crippen molar-refractivity contribution in [2.24, 2.45) is 23.5 Å². The van der Waals surface area contributed by atoms with Crippen LogP contribution in [0, 0.1) is 17.8 Å². The van der Waals surface area contributed by atoms with Gasteiger partial charge in [0.25, 0.3) is 0 Å². The summed E-state index contributed by atoms with van der Waals surface area (Å²) in [6.45, 7) is 7.48. The third-order valence-corrected chi connectivity index (χ3v) is 6.36. The van der Waals surface area contributed by atoms with Gasteiger partial charge in [-0.05, 0) is 60.3 Å². The van der Waals surface area contributed by atoms with E-state index in [2.05, 4.69) is 30.9 Å². The Morgan fingerprint density at radius 2 is 1.93 bits per heavy atom. The van der Waals surface area contributed by atoms with Crippen LogP contribution in [0.4, 0.5) is 0 Å². The molecule has 0 amide bonds. The summed E-state index contributed by atoms with van der Waals surface area (Å²) in [5, 5.41) is 0. The van der Waals surface area contributed by atoms with E-state index >= 15 is 0 Å². The van der Waals surface area contributed by atoms with Crippen molar-refractivity contribution >= 4 is 5.97 Å². The topological polar surface area (TPSA) is 74.0 Å². The van der Waals surface area contributed by atoms with E-state index in [9.17, 15) is 4.79 Å². The molecule has 3 atom stereocenters. The molecule has 0 aliphatic carbocycles. The zero-order valence-corrected chi connectivity index (χ0v) is 18.3. The molecule has 6 heteroatoms. The molecule has 2 aliphatic rings. The number of esters is 1. The fourth-order valence-electron chi connectivity index (χ4n) is 4.97. The molecule has 2 heterocycles. The molecular weight excluding hydrogens is 368 g/mol. The normalized spacial score (nSPS) is 24.0. The fraction of sp³-hybridized carbons (Fsp3) is 0.696. The van der Waals surface area contributed by atoms with Crippen LogP contribution < -0.4 is 15.2 Å². The second-order valence-electron chi connectivity index (χ2n) is 8.77. The number of rotatable bonds is 8. The molecule has 1 aromatic carbocycles. The van der Waals surface area contributed by atoms with Crippen LogP contribution in [-0.2, 0) is 16.0 Å². The number of nitrogens with zero attached hydrogens (tertiary/aromatic N) is 1. The van der Waals surface area contributed by atoms with Gasteiger partial charge in [-0.1, -0.05) is 13.8 Å². The fourth-order valence-corrected chi connectivity index (χ4v) is 4.97. The van der Waals surface area contributed by atoms with Crippen LogP contribution in [0.2, 0.25) is 0 Å². The Morgan fingerprint density at radius 1 is 1.21 bits per heavy atom. The highest BCUT2D eigenvalue weighted by atomic mass is 16.5. The van der Waals surface area contributed by atoms with Gasteiger partial charge in [-0.3, -0.25) is 9.69 Å². The van der Waals surface area contributed by atoms with Crippen molar-refractivity contribution in [2.45, 2.75) is 45.6 Å². The second kappa shape index (κ2) is 9.81. The van der Waals surface area contributed by atoms with E-state index in [-0.39, 0.29) is 12.4 Å². The summed E-state index contributed by atoms with van der Waals surface area (Å²) in [7, 11) is 3.37. The average Bonchev–Trinajstić information content (AvgIpc) is 2.70. The quantitative estimate of drug-likeness (QED) is 0.671. The van der Waals surface area contributed by atoms with Crippen LogP contribution in [0.5, 0.6) is 11.5 Å². The molecule has 1 saturated heterocycles. The van der Waals surface area contributed by atoms with Gasteiger partial charge in [0.05, 0.1) is 27.2 Å². The predicted octanol–water partition coefficient (Wildman–Crippen LogP) is 3.18. The standard InChI is InChI=1S/C23H36N2O4/c1-15(2)9-17-13-25-8-6-16-11-21(27-3)22(28-4)12-19(16)20(25)10-18(17)14-29-23(26)5-7-24/h11-12,15,17-18,20H,5-10,13-14,24H2,1-4H3. The van der Waals surface area contributed by atoms with Gasteiger partial charge in [0, 0.05) is 25.7 Å². The number of nitrogens with two attached hydrogens (primary N) is 1. The number of carbonyl (C=O) groups is 1. The minimum Gasteiger partial charge on any atom is -0.493 e. The SMILES string of the molecule is COc1cc2c(cc1OC)C1CC(COC(=O)CCN)C(CC(C)C)CN1CC2. The average molecular weight is 405 g/mol. The maximum Gasteiger partial charge on any atom is 0.307 e. The smallest absolute Gasteiger partial charge is 0.307 e. The monoisotopic (exact) mass is 404 g/mol. The van der Waals surface area contributed by atoms with Crippen molar-refractivity contribution in [1.29, 1.82) is 0 Å². The van der Waals surface area contributed by atoms with E-state index in [1.54, 1.807) is 14.2 Å². The molecule has 3 rings (SSSR count). The Balaban J connectivity index is 1.83. The number of methoxy groups -OCH3 is 2. The molecule has 0 radical (unpaired) electrons. The minimum absolute atomic E-state index is 0.186. The first kappa shape index (κ1) is 21.9. The highest BCUT2D eigenvalue weighted by Gasteiger charge is 2.39. The van der Waals surface area contributed by atoms with Gasteiger partial charge in [0.2, 0.25) is 0 Å². The van der Waals surface area contributed by atoms with Crippen LogP contribution in [0.1, 0.15) is 50.3 Å². The van der Waals surface area contributed by atoms with Crippen molar-refractivity contribution in [3.63, 3.8) is 0 Å². The van der Waals surface area contributed by atoms with E-state index in [1.807, 2.05) is 0 Å². The Morgan fingerprint density at radius 3 is 2.59 bits per heavy atom. The summed E-state index contributed by atoms with van der Waals surface area (Å²) >= 11 is 0. The Hall–Kier alpha value is -1.79. The second-order valence-corrected chi connectivity index (χ2v) is 8.77. The highest BCUT2D eigenvalue weighted by Crippen LogP contribution is 2.45. The summed E-state index contributed by atoms with van der Waals surface area (Å²) in [5.41, 5.74) is 8.16. The Kier molecular flexibility index (Phi) is 7.41. The molecule has 29 heavy (non-hydrogen) atoms. The van der Waals surface area contributed by atoms with Crippen molar-refractivity contribution in [1.82, 2.24) is 4.90 Å². The van der Waals surface area contributed by atoms with Crippen LogP contribution >= 0.6 is 0 Å². The number of hydrogen-bond donors (Lipinski definition) is 1. The van der Waals surface area contributed by atoms with Crippen LogP contribution in [0.25, 0.3) is 0 Å². The largest absolute Gasteiger partial charge is 0.493 e. The van der Waals surface area contributed by atoms with Gasteiger partial charge >= 0.3 is 5.97 Å². The first-order valence-electron chi connectivity index (χ1n) is 10.8. The third kappa shape index (κ3) is 5.04. The lowest BCUT2D eigenvalue weighted by atomic mass is 9.74. The van der Waals surface area contributed by atoms with Gasteiger partial charge < -0.3 is 19.9 Å². The molecule has 3 unspecified atom stereocenters. The Bertz CT molecular complexity index is 706. The van der Waals surface area contributed by atoms with Gasteiger partial charge in [-0.2, -0.15) is 0 Å². The summed E-state index contributed by atoms with van der Waals surface area (Å²) in [6, 6.07) is 4.60. The van der Waals surface area contributed by atoms with E-state index in [0.717, 1.165) is 43.9 Å². The van der Waals surface area contributed by atoms with E-state index in [0.29, 0.717) is 36.9 Å². The molecule has 0 aromatic heterocycles.